The third kappa shape index (κ3) is 4.47. The van der Waals surface area contributed by atoms with E-state index >= 15 is 0 Å². The number of hydrogen-bond donors (Lipinski definition) is 1. The first-order chi connectivity index (χ1) is 12.5. The van der Waals surface area contributed by atoms with Gasteiger partial charge in [-0.3, -0.25) is 9.59 Å². The van der Waals surface area contributed by atoms with Crippen LogP contribution in [0.15, 0.2) is 48.5 Å². The van der Waals surface area contributed by atoms with Gasteiger partial charge < -0.3 is 10.2 Å². The van der Waals surface area contributed by atoms with Crippen LogP contribution in [0.5, 0.6) is 0 Å². The van der Waals surface area contributed by atoms with Gasteiger partial charge in [0.25, 0.3) is 0 Å². The molecule has 1 aliphatic heterocycles. The monoisotopic (exact) mass is 368 g/mol. The Morgan fingerprint density at radius 1 is 1.12 bits per heavy atom. The Balaban J connectivity index is 1.60. The molecule has 4 nitrogen and oxygen atoms in total. The summed E-state index contributed by atoms with van der Waals surface area (Å²) in [6.07, 6.45) is 1.13. The number of carbonyl (C=O) groups excluding carboxylic acids is 2. The third-order valence-corrected chi connectivity index (χ3v) is 5.76. The van der Waals surface area contributed by atoms with Crippen LogP contribution in [0.2, 0.25) is 0 Å². The van der Waals surface area contributed by atoms with Gasteiger partial charge >= 0.3 is 0 Å². The van der Waals surface area contributed by atoms with E-state index in [0.29, 0.717) is 24.5 Å². The van der Waals surface area contributed by atoms with Gasteiger partial charge in [0, 0.05) is 17.9 Å². The fourth-order valence-corrected chi connectivity index (χ4v) is 4.17. The molecule has 2 aromatic rings. The Hall–Kier alpha value is -2.27. The number of benzene rings is 2. The van der Waals surface area contributed by atoms with Gasteiger partial charge in [-0.15, -0.1) is 11.8 Å². The van der Waals surface area contributed by atoms with E-state index in [4.69, 9.17) is 0 Å². The summed E-state index contributed by atoms with van der Waals surface area (Å²) in [6.45, 7) is 4.07. The van der Waals surface area contributed by atoms with Crippen molar-refractivity contribution in [1.82, 2.24) is 4.90 Å². The van der Waals surface area contributed by atoms with E-state index in [1.165, 1.54) is 5.56 Å². The molecule has 5 heteroatoms. The first-order valence-electron chi connectivity index (χ1n) is 8.84. The number of anilines is 1. The Bertz CT molecular complexity index is 792. The summed E-state index contributed by atoms with van der Waals surface area (Å²) in [6, 6.07) is 15.4. The van der Waals surface area contributed by atoms with Gasteiger partial charge in [-0.1, -0.05) is 36.4 Å². The van der Waals surface area contributed by atoms with Crippen LogP contribution >= 0.6 is 11.8 Å². The number of nitrogens with zero attached hydrogens (tertiary/aromatic N) is 1. The standard InChI is InChI=1S/C21H24N2O2S/c1-15-8-10-18(12-16(15)2)22-21(25)19-13-26-14-23(19)20(24)11-9-17-6-4-3-5-7-17/h3-8,10,12,19H,9,11,13-14H2,1-2H3,(H,22,25). The summed E-state index contributed by atoms with van der Waals surface area (Å²) >= 11 is 1.63. The third-order valence-electron chi connectivity index (χ3n) is 4.75. The van der Waals surface area contributed by atoms with Crippen molar-refractivity contribution in [3.8, 4) is 0 Å². The van der Waals surface area contributed by atoms with E-state index in [0.717, 1.165) is 16.8 Å². The van der Waals surface area contributed by atoms with Gasteiger partial charge in [0.2, 0.25) is 11.8 Å². The molecule has 1 N–H and O–H groups in total. The molecule has 1 atom stereocenters. The van der Waals surface area contributed by atoms with Crippen LogP contribution in [0.3, 0.4) is 0 Å². The highest BCUT2D eigenvalue weighted by Crippen LogP contribution is 2.24. The number of rotatable bonds is 5. The predicted octanol–water partition coefficient (Wildman–Crippen LogP) is 3.78. The molecule has 1 saturated heterocycles. The van der Waals surface area contributed by atoms with Gasteiger partial charge in [-0.05, 0) is 49.1 Å². The van der Waals surface area contributed by atoms with Crippen molar-refractivity contribution in [3.05, 3.63) is 65.2 Å². The van der Waals surface area contributed by atoms with E-state index < -0.39 is 6.04 Å². The van der Waals surface area contributed by atoms with Crippen LogP contribution in [0.4, 0.5) is 5.69 Å². The zero-order valence-electron chi connectivity index (χ0n) is 15.2. The highest BCUT2D eigenvalue weighted by Gasteiger charge is 2.34. The molecule has 0 spiro atoms. The van der Waals surface area contributed by atoms with Crippen LogP contribution < -0.4 is 5.32 Å². The van der Waals surface area contributed by atoms with Crippen molar-refractivity contribution in [2.24, 2.45) is 0 Å². The van der Waals surface area contributed by atoms with Crippen molar-refractivity contribution < 1.29 is 9.59 Å². The lowest BCUT2D eigenvalue weighted by Crippen LogP contribution is -2.44. The molecule has 26 heavy (non-hydrogen) atoms. The summed E-state index contributed by atoms with van der Waals surface area (Å²) in [5, 5.41) is 2.96. The zero-order valence-corrected chi connectivity index (χ0v) is 16.0. The summed E-state index contributed by atoms with van der Waals surface area (Å²) in [4.78, 5) is 27.0. The van der Waals surface area contributed by atoms with Crippen molar-refractivity contribution in [2.45, 2.75) is 32.7 Å². The molecule has 0 radical (unpaired) electrons. The molecule has 0 bridgehead atoms. The average Bonchev–Trinajstić information content (AvgIpc) is 3.14. The number of aryl methyl sites for hydroxylation is 3. The number of thioether (sulfide) groups is 1. The lowest BCUT2D eigenvalue weighted by atomic mass is 10.1. The first kappa shape index (κ1) is 18.5. The molecule has 0 aromatic heterocycles. The summed E-state index contributed by atoms with van der Waals surface area (Å²) in [5.41, 5.74) is 4.26. The molecule has 0 saturated carbocycles. The normalized spacial score (nSPS) is 16.5. The highest BCUT2D eigenvalue weighted by atomic mass is 32.2. The topological polar surface area (TPSA) is 49.4 Å². The summed E-state index contributed by atoms with van der Waals surface area (Å²) < 4.78 is 0. The SMILES string of the molecule is Cc1ccc(NC(=O)C2CSCN2C(=O)CCc2ccccc2)cc1C. The maximum Gasteiger partial charge on any atom is 0.248 e. The van der Waals surface area contributed by atoms with Gasteiger partial charge in [0.15, 0.2) is 0 Å². The Kier molecular flexibility index (Phi) is 5.99. The second-order valence-corrected chi connectivity index (χ2v) is 7.65. The zero-order chi connectivity index (χ0) is 18.5. The largest absolute Gasteiger partial charge is 0.324 e. The van der Waals surface area contributed by atoms with Gasteiger partial charge in [-0.25, -0.2) is 0 Å². The Morgan fingerprint density at radius 2 is 1.88 bits per heavy atom. The van der Waals surface area contributed by atoms with Crippen LogP contribution in [-0.4, -0.2) is 34.4 Å². The Morgan fingerprint density at radius 3 is 2.62 bits per heavy atom. The minimum atomic E-state index is -0.398. The van der Waals surface area contributed by atoms with E-state index in [1.807, 2.05) is 62.4 Å². The number of amides is 2. The maximum atomic E-state index is 12.7. The predicted molar refractivity (Wildman–Crippen MR) is 107 cm³/mol. The second-order valence-electron chi connectivity index (χ2n) is 6.65. The van der Waals surface area contributed by atoms with Crippen molar-refractivity contribution >= 4 is 29.3 Å². The van der Waals surface area contributed by atoms with Crippen molar-refractivity contribution in [3.63, 3.8) is 0 Å². The molecular formula is C21H24N2O2S. The van der Waals surface area contributed by atoms with Crippen LogP contribution in [0.1, 0.15) is 23.1 Å². The Labute approximate surface area is 159 Å². The summed E-state index contributed by atoms with van der Waals surface area (Å²) in [7, 11) is 0. The van der Waals surface area contributed by atoms with E-state index in [2.05, 4.69) is 5.32 Å². The van der Waals surface area contributed by atoms with E-state index in [-0.39, 0.29) is 11.8 Å². The highest BCUT2D eigenvalue weighted by molar-refractivity contribution is 7.99. The minimum Gasteiger partial charge on any atom is -0.324 e. The molecule has 2 aromatic carbocycles. The van der Waals surface area contributed by atoms with E-state index in [9.17, 15) is 9.59 Å². The quantitative estimate of drug-likeness (QED) is 0.874. The van der Waals surface area contributed by atoms with Crippen molar-refractivity contribution in [1.29, 1.82) is 0 Å². The van der Waals surface area contributed by atoms with Gasteiger partial charge in [0.05, 0.1) is 5.88 Å². The van der Waals surface area contributed by atoms with Crippen LogP contribution in [-0.2, 0) is 16.0 Å². The van der Waals surface area contributed by atoms with Gasteiger partial charge in [-0.2, -0.15) is 0 Å². The fraction of sp³-hybridized carbons (Fsp3) is 0.333. The molecule has 1 aliphatic rings. The molecular weight excluding hydrogens is 344 g/mol. The van der Waals surface area contributed by atoms with Gasteiger partial charge in [0.1, 0.15) is 6.04 Å². The smallest absolute Gasteiger partial charge is 0.248 e. The molecule has 1 unspecified atom stereocenters. The van der Waals surface area contributed by atoms with Crippen molar-refractivity contribution in [2.75, 3.05) is 16.9 Å². The molecule has 3 rings (SSSR count). The van der Waals surface area contributed by atoms with E-state index in [1.54, 1.807) is 16.7 Å². The number of carbonyl (C=O) groups is 2. The lowest BCUT2D eigenvalue weighted by Gasteiger charge is -2.23. The molecule has 1 heterocycles. The molecule has 136 valence electrons. The maximum absolute atomic E-state index is 12.7. The minimum absolute atomic E-state index is 0.0408. The molecule has 1 fully saturated rings. The second kappa shape index (κ2) is 8.41. The molecule has 2 amide bonds. The van der Waals surface area contributed by atoms with Crippen LogP contribution in [0, 0.1) is 13.8 Å². The lowest BCUT2D eigenvalue weighted by molar-refractivity contribution is -0.136. The first-order valence-corrected chi connectivity index (χ1v) is 9.99. The fourth-order valence-electron chi connectivity index (χ4n) is 2.99. The van der Waals surface area contributed by atoms with Crippen LogP contribution in [0.25, 0.3) is 0 Å². The average molecular weight is 369 g/mol. The summed E-state index contributed by atoms with van der Waals surface area (Å²) in [5.74, 6) is 1.16. The number of nitrogens with one attached hydrogen (secondary N) is 1. The number of hydrogen-bond acceptors (Lipinski definition) is 3. The molecule has 0 aliphatic carbocycles.